The Morgan fingerprint density at radius 1 is 0.667 bits per heavy atom. The summed E-state index contributed by atoms with van der Waals surface area (Å²) in [5, 5.41) is 22.3. The Hall–Kier alpha value is -3.28. The summed E-state index contributed by atoms with van der Waals surface area (Å²) in [6.45, 7) is 2.94. The van der Waals surface area contributed by atoms with Crippen LogP contribution in [0.2, 0.25) is 0 Å². The highest BCUT2D eigenvalue weighted by molar-refractivity contribution is 6.45. The predicted octanol–water partition coefficient (Wildman–Crippen LogP) is 3.44. The van der Waals surface area contributed by atoms with Crippen molar-refractivity contribution >= 4 is 23.0 Å². The van der Waals surface area contributed by atoms with Gasteiger partial charge in [-0.05, 0) is 13.8 Å². The quantitative estimate of drug-likeness (QED) is 0.389. The van der Waals surface area contributed by atoms with Gasteiger partial charge in [0.25, 0.3) is 0 Å². The number of nitrogens with zero attached hydrogens (tertiary/aromatic N) is 2. The molecule has 124 valence electrons. The normalized spacial score (nSPS) is 11.2. The van der Waals surface area contributed by atoms with Gasteiger partial charge in [0.1, 0.15) is 11.4 Å². The van der Waals surface area contributed by atoms with Crippen LogP contribution in [-0.2, 0) is 0 Å². The number of Topliss-reactive ketones (excluding diaryl/α,β-unsaturated/α-hetero) is 2. The fraction of sp³-hybridized carbons (Fsp3) is 0.111. The third kappa shape index (κ3) is 5.49. The van der Waals surface area contributed by atoms with Crippen LogP contribution >= 0.6 is 0 Å². The first-order chi connectivity index (χ1) is 11.5. The van der Waals surface area contributed by atoms with Gasteiger partial charge >= 0.3 is 0 Å². The number of rotatable bonds is 4. The van der Waals surface area contributed by atoms with Gasteiger partial charge in [0.05, 0.1) is 0 Å². The molecule has 0 unspecified atom stereocenters. The van der Waals surface area contributed by atoms with Crippen molar-refractivity contribution in [1.82, 2.24) is 0 Å². The Bertz CT molecular complexity index is 673. The number of hydrogen-bond acceptors (Lipinski definition) is 6. The lowest BCUT2D eigenvalue weighted by Crippen LogP contribution is -2.09. The van der Waals surface area contributed by atoms with E-state index in [-0.39, 0.29) is 23.0 Å². The molecule has 0 bridgehead atoms. The highest BCUT2D eigenvalue weighted by Gasteiger charge is 2.08. The number of benzene rings is 2. The van der Waals surface area contributed by atoms with Crippen LogP contribution in [0.5, 0.6) is 0 Å². The molecule has 0 aliphatic rings. The van der Waals surface area contributed by atoms with E-state index >= 15 is 0 Å². The van der Waals surface area contributed by atoms with Crippen LogP contribution < -0.4 is 0 Å². The number of hydrogen-bond donors (Lipinski definition) is 2. The fourth-order valence-electron chi connectivity index (χ4n) is 1.69. The highest BCUT2D eigenvalue weighted by atomic mass is 16.4. The van der Waals surface area contributed by atoms with E-state index in [1.165, 1.54) is 13.8 Å². The van der Waals surface area contributed by atoms with Crippen LogP contribution in [0.3, 0.4) is 0 Å². The zero-order chi connectivity index (χ0) is 17.9. The number of carbonyl (C=O) groups excluding carboxylic acids is 2. The number of ketones is 2. The Labute approximate surface area is 139 Å². The van der Waals surface area contributed by atoms with Gasteiger partial charge in [0, 0.05) is 11.1 Å². The SMILES string of the molecule is CC(=NO)C(=O)c1ccccc1.CC(=NO)C(=O)c1ccccc1. The molecule has 0 aliphatic heterocycles. The fourth-order valence-corrected chi connectivity index (χ4v) is 1.69. The molecule has 0 radical (unpaired) electrons. The zero-order valence-corrected chi connectivity index (χ0v) is 13.4. The van der Waals surface area contributed by atoms with Gasteiger partial charge in [0.2, 0.25) is 11.6 Å². The second-order valence-corrected chi connectivity index (χ2v) is 4.76. The van der Waals surface area contributed by atoms with E-state index in [2.05, 4.69) is 10.3 Å². The van der Waals surface area contributed by atoms with Crippen molar-refractivity contribution in [3.63, 3.8) is 0 Å². The van der Waals surface area contributed by atoms with Gasteiger partial charge < -0.3 is 10.4 Å². The Morgan fingerprint density at radius 2 is 0.958 bits per heavy atom. The maximum absolute atomic E-state index is 11.3. The smallest absolute Gasteiger partial charge is 0.210 e. The van der Waals surface area contributed by atoms with Crippen LogP contribution in [0.25, 0.3) is 0 Å². The van der Waals surface area contributed by atoms with E-state index in [9.17, 15) is 9.59 Å². The molecular formula is C18H18N2O4. The molecular weight excluding hydrogens is 308 g/mol. The zero-order valence-electron chi connectivity index (χ0n) is 13.4. The summed E-state index contributed by atoms with van der Waals surface area (Å²) in [6, 6.07) is 17.4. The second-order valence-electron chi connectivity index (χ2n) is 4.76. The largest absolute Gasteiger partial charge is 0.411 e. The molecule has 0 aliphatic carbocycles. The maximum atomic E-state index is 11.3. The Morgan fingerprint density at radius 3 is 1.21 bits per heavy atom. The van der Waals surface area contributed by atoms with Crippen molar-refractivity contribution in [3.05, 3.63) is 71.8 Å². The average molecular weight is 326 g/mol. The van der Waals surface area contributed by atoms with E-state index in [1.54, 1.807) is 48.5 Å². The summed E-state index contributed by atoms with van der Waals surface area (Å²) < 4.78 is 0. The first-order valence-electron chi connectivity index (χ1n) is 7.08. The van der Waals surface area contributed by atoms with Crippen molar-refractivity contribution < 1.29 is 20.0 Å². The highest BCUT2D eigenvalue weighted by Crippen LogP contribution is 2.01. The Kier molecular flexibility index (Phi) is 7.57. The van der Waals surface area contributed by atoms with Gasteiger partial charge in [-0.15, -0.1) is 0 Å². The first-order valence-corrected chi connectivity index (χ1v) is 7.08. The summed E-state index contributed by atoms with van der Waals surface area (Å²) >= 11 is 0. The number of carbonyl (C=O) groups is 2. The molecule has 0 atom stereocenters. The van der Waals surface area contributed by atoms with Crippen LogP contribution in [0.1, 0.15) is 34.6 Å². The lowest BCUT2D eigenvalue weighted by Gasteiger charge is -1.96. The molecule has 2 N–H and O–H groups in total. The van der Waals surface area contributed by atoms with Gasteiger partial charge in [0.15, 0.2) is 0 Å². The predicted molar refractivity (Wildman–Crippen MR) is 91.3 cm³/mol. The molecule has 2 rings (SSSR count). The molecule has 0 saturated carbocycles. The summed E-state index contributed by atoms with van der Waals surface area (Å²) in [5.41, 5.74) is 1.27. The minimum absolute atomic E-state index is 0.0983. The van der Waals surface area contributed by atoms with Gasteiger partial charge in [-0.2, -0.15) is 0 Å². The summed E-state index contributed by atoms with van der Waals surface area (Å²) in [5.74, 6) is -0.504. The van der Waals surface area contributed by atoms with Crippen LogP contribution in [0, 0.1) is 0 Å². The monoisotopic (exact) mass is 326 g/mol. The minimum atomic E-state index is -0.252. The average Bonchev–Trinajstić information content (AvgIpc) is 2.67. The van der Waals surface area contributed by atoms with E-state index in [4.69, 9.17) is 10.4 Å². The summed E-state index contributed by atoms with van der Waals surface area (Å²) in [6.07, 6.45) is 0. The molecule has 2 aromatic rings. The van der Waals surface area contributed by atoms with Crippen LogP contribution in [0.15, 0.2) is 71.0 Å². The molecule has 0 aromatic heterocycles. The van der Waals surface area contributed by atoms with E-state index < -0.39 is 0 Å². The summed E-state index contributed by atoms with van der Waals surface area (Å²) in [7, 11) is 0. The topological polar surface area (TPSA) is 99.3 Å². The second kappa shape index (κ2) is 9.68. The van der Waals surface area contributed by atoms with Crippen molar-refractivity contribution in [1.29, 1.82) is 0 Å². The van der Waals surface area contributed by atoms with Crippen molar-refractivity contribution in [2.45, 2.75) is 13.8 Å². The van der Waals surface area contributed by atoms with Crippen molar-refractivity contribution in [3.8, 4) is 0 Å². The third-order valence-electron chi connectivity index (χ3n) is 3.03. The molecule has 0 spiro atoms. The van der Waals surface area contributed by atoms with Crippen molar-refractivity contribution in [2.24, 2.45) is 10.3 Å². The summed E-state index contributed by atoms with van der Waals surface area (Å²) in [4.78, 5) is 22.6. The van der Waals surface area contributed by atoms with E-state index in [0.717, 1.165) is 0 Å². The first kappa shape index (κ1) is 18.8. The maximum Gasteiger partial charge on any atom is 0.210 e. The lowest BCUT2D eigenvalue weighted by molar-refractivity contribution is 0.105. The van der Waals surface area contributed by atoms with Gasteiger partial charge in [-0.1, -0.05) is 71.0 Å². The molecule has 24 heavy (non-hydrogen) atoms. The third-order valence-corrected chi connectivity index (χ3v) is 3.03. The van der Waals surface area contributed by atoms with E-state index in [1.807, 2.05) is 12.1 Å². The number of oxime groups is 2. The molecule has 2 aromatic carbocycles. The molecule has 6 nitrogen and oxygen atoms in total. The van der Waals surface area contributed by atoms with Crippen molar-refractivity contribution in [2.75, 3.05) is 0 Å². The molecule has 0 heterocycles. The molecule has 0 fully saturated rings. The Balaban J connectivity index is 0.000000240. The standard InChI is InChI=1S/2C9H9NO2/c2*1-7(10-12)9(11)8-5-3-2-4-6-8/h2*2-6,12H,1H3. The minimum Gasteiger partial charge on any atom is -0.411 e. The van der Waals surface area contributed by atoms with Crippen LogP contribution in [0.4, 0.5) is 0 Å². The lowest BCUT2D eigenvalue weighted by atomic mass is 10.1. The van der Waals surface area contributed by atoms with Gasteiger partial charge in [-0.25, -0.2) is 0 Å². The molecule has 0 amide bonds. The molecule has 6 heteroatoms. The van der Waals surface area contributed by atoms with E-state index in [0.29, 0.717) is 11.1 Å². The van der Waals surface area contributed by atoms with Gasteiger partial charge in [-0.3, -0.25) is 9.59 Å². The molecule has 0 saturated heterocycles. The van der Waals surface area contributed by atoms with Crippen LogP contribution in [-0.4, -0.2) is 33.4 Å².